The second kappa shape index (κ2) is 9.06. The lowest BCUT2D eigenvalue weighted by molar-refractivity contribution is -0.118. The van der Waals surface area contributed by atoms with Gasteiger partial charge in [0.2, 0.25) is 0 Å². The molecule has 0 aromatic heterocycles. The summed E-state index contributed by atoms with van der Waals surface area (Å²) in [5, 5.41) is 2.78. The first-order valence-electron chi connectivity index (χ1n) is 8.14. The minimum absolute atomic E-state index is 0.128. The molecule has 5 heteroatoms. The van der Waals surface area contributed by atoms with Crippen LogP contribution in [0.5, 0.6) is 5.75 Å². The third-order valence-corrected chi connectivity index (χ3v) is 4.65. The number of anilines is 1. The van der Waals surface area contributed by atoms with Gasteiger partial charge in [-0.2, -0.15) is 0 Å². The molecule has 26 heavy (non-hydrogen) atoms. The Morgan fingerprint density at radius 1 is 0.923 bits per heavy atom. The van der Waals surface area contributed by atoms with E-state index in [2.05, 4.69) is 17.4 Å². The average Bonchev–Trinajstić information content (AvgIpc) is 2.68. The van der Waals surface area contributed by atoms with Crippen LogP contribution in [0.15, 0.2) is 83.8 Å². The van der Waals surface area contributed by atoms with Gasteiger partial charge in [0.05, 0.1) is 0 Å². The summed E-state index contributed by atoms with van der Waals surface area (Å²) in [4.78, 5) is 13.2. The minimum Gasteiger partial charge on any atom is -0.484 e. The zero-order chi connectivity index (χ0) is 18.2. The molecule has 0 aliphatic heterocycles. The topological polar surface area (TPSA) is 38.3 Å². The first-order chi connectivity index (χ1) is 12.7. The SMILES string of the molecule is O=C(COc1ccc(F)cc1)Nc1ccc(CSc2ccccc2)cc1. The summed E-state index contributed by atoms with van der Waals surface area (Å²) in [7, 11) is 0. The number of halogens is 1. The molecule has 1 N–H and O–H groups in total. The van der Waals surface area contributed by atoms with Gasteiger partial charge in [0, 0.05) is 16.3 Å². The van der Waals surface area contributed by atoms with E-state index in [1.54, 1.807) is 11.8 Å². The van der Waals surface area contributed by atoms with Crippen molar-refractivity contribution < 1.29 is 13.9 Å². The Kier molecular flexibility index (Phi) is 6.28. The maximum absolute atomic E-state index is 12.8. The van der Waals surface area contributed by atoms with Gasteiger partial charge in [-0.3, -0.25) is 4.79 Å². The number of benzene rings is 3. The lowest BCUT2D eigenvalue weighted by Crippen LogP contribution is -2.20. The van der Waals surface area contributed by atoms with Gasteiger partial charge in [0.25, 0.3) is 5.91 Å². The molecule has 3 rings (SSSR count). The summed E-state index contributed by atoms with van der Waals surface area (Å²) in [6, 6.07) is 23.5. The van der Waals surface area contributed by atoms with Crippen molar-refractivity contribution in [3.63, 3.8) is 0 Å². The second-order valence-corrected chi connectivity index (χ2v) is 6.64. The number of carbonyl (C=O) groups excluding carboxylic acids is 1. The largest absolute Gasteiger partial charge is 0.484 e. The first-order valence-corrected chi connectivity index (χ1v) is 9.12. The van der Waals surface area contributed by atoms with E-state index in [-0.39, 0.29) is 18.3 Å². The molecule has 0 spiro atoms. The third-order valence-electron chi connectivity index (χ3n) is 3.57. The number of carbonyl (C=O) groups is 1. The van der Waals surface area contributed by atoms with Crippen molar-refractivity contribution in [2.75, 3.05) is 11.9 Å². The molecule has 0 unspecified atom stereocenters. The Balaban J connectivity index is 1.45. The van der Waals surface area contributed by atoms with Gasteiger partial charge in [-0.05, 0) is 54.1 Å². The molecule has 3 aromatic rings. The van der Waals surface area contributed by atoms with Gasteiger partial charge in [0.15, 0.2) is 6.61 Å². The molecule has 0 fully saturated rings. The minimum atomic E-state index is -0.340. The van der Waals surface area contributed by atoms with E-state index < -0.39 is 0 Å². The highest BCUT2D eigenvalue weighted by atomic mass is 32.2. The molecular formula is C21H18FNO2S. The van der Waals surface area contributed by atoms with Crippen LogP contribution >= 0.6 is 11.8 Å². The fraction of sp³-hybridized carbons (Fsp3) is 0.0952. The molecule has 0 bridgehead atoms. The summed E-state index contributed by atoms with van der Waals surface area (Å²) in [5.41, 5.74) is 1.89. The molecule has 3 nitrogen and oxygen atoms in total. The lowest BCUT2D eigenvalue weighted by Gasteiger charge is -2.08. The highest BCUT2D eigenvalue weighted by molar-refractivity contribution is 7.98. The quantitative estimate of drug-likeness (QED) is 0.588. The fourth-order valence-electron chi connectivity index (χ4n) is 2.24. The molecule has 3 aromatic carbocycles. The van der Waals surface area contributed by atoms with Crippen LogP contribution in [-0.2, 0) is 10.5 Å². The van der Waals surface area contributed by atoms with Crippen LogP contribution in [0.3, 0.4) is 0 Å². The summed E-state index contributed by atoms with van der Waals surface area (Å²) in [6.07, 6.45) is 0. The predicted octanol–water partition coefficient (Wildman–Crippen LogP) is 5.14. The average molecular weight is 367 g/mol. The fourth-order valence-corrected chi connectivity index (χ4v) is 3.12. The molecule has 0 saturated carbocycles. The normalized spacial score (nSPS) is 10.3. The molecule has 0 aliphatic carbocycles. The number of nitrogens with one attached hydrogen (secondary N) is 1. The predicted molar refractivity (Wildman–Crippen MR) is 103 cm³/mol. The van der Waals surface area contributed by atoms with Crippen LogP contribution in [-0.4, -0.2) is 12.5 Å². The molecule has 1 amide bonds. The van der Waals surface area contributed by atoms with E-state index >= 15 is 0 Å². The van der Waals surface area contributed by atoms with E-state index in [0.717, 1.165) is 5.75 Å². The number of hydrogen-bond acceptors (Lipinski definition) is 3. The first kappa shape index (κ1) is 18.0. The van der Waals surface area contributed by atoms with Crippen LogP contribution in [0.2, 0.25) is 0 Å². The monoisotopic (exact) mass is 367 g/mol. The van der Waals surface area contributed by atoms with Gasteiger partial charge >= 0.3 is 0 Å². The maximum Gasteiger partial charge on any atom is 0.262 e. The van der Waals surface area contributed by atoms with Crippen LogP contribution in [0.1, 0.15) is 5.56 Å². The number of thioether (sulfide) groups is 1. The zero-order valence-electron chi connectivity index (χ0n) is 14.0. The molecule has 0 atom stereocenters. The third kappa shape index (κ3) is 5.63. The Bertz CT molecular complexity index is 836. The van der Waals surface area contributed by atoms with Gasteiger partial charge in [0.1, 0.15) is 11.6 Å². The Morgan fingerprint density at radius 2 is 1.62 bits per heavy atom. The Labute approximate surface area is 156 Å². The van der Waals surface area contributed by atoms with E-state index in [9.17, 15) is 9.18 Å². The van der Waals surface area contributed by atoms with Crippen molar-refractivity contribution >= 4 is 23.4 Å². The van der Waals surface area contributed by atoms with Crippen molar-refractivity contribution in [1.29, 1.82) is 0 Å². The number of rotatable bonds is 7. The Hall–Kier alpha value is -2.79. The summed E-state index contributed by atoms with van der Waals surface area (Å²) >= 11 is 1.77. The van der Waals surface area contributed by atoms with Gasteiger partial charge in [-0.15, -0.1) is 11.8 Å². The molecular weight excluding hydrogens is 349 g/mol. The lowest BCUT2D eigenvalue weighted by atomic mass is 10.2. The zero-order valence-corrected chi connectivity index (χ0v) is 14.8. The van der Waals surface area contributed by atoms with Crippen LogP contribution in [0.4, 0.5) is 10.1 Å². The van der Waals surface area contributed by atoms with E-state index in [1.165, 1.54) is 34.7 Å². The van der Waals surface area contributed by atoms with Crippen molar-refractivity contribution in [2.24, 2.45) is 0 Å². The van der Waals surface area contributed by atoms with E-state index in [1.807, 2.05) is 42.5 Å². The van der Waals surface area contributed by atoms with Gasteiger partial charge in [-0.1, -0.05) is 30.3 Å². The number of hydrogen-bond donors (Lipinski definition) is 1. The molecule has 0 radical (unpaired) electrons. The van der Waals surface area contributed by atoms with Crippen molar-refractivity contribution in [3.05, 3.63) is 90.2 Å². The van der Waals surface area contributed by atoms with Crippen molar-refractivity contribution in [2.45, 2.75) is 10.6 Å². The van der Waals surface area contributed by atoms with Crippen LogP contribution in [0.25, 0.3) is 0 Å². The molecule has 0 aliphatic rings. The van der Waals surface area contributed by atoms with E-state index in [4.69, 9.17) is 4.74 Å². The standard InChI is InChI=1S/C21H18FNO2S/c22-17-8-12-19(13-9-17)25-14-21(24)23-18-10-6-16(7-11-18)15-26-20-4-2-1-3-5-20/h1-13H,14-15H2,(H,23,24). The van der Waals surface area contributed by atoms with E-state index in [0.29, 0.717) is 11.4 Å². The summed E-state index contributed by atoms with van der Waals surface area (Å²) in [6.45, 7) is -0.128. The van der Waals surface area contributed by atoms with Gasteiger partial charge in [-0.25, -0.2) is 4.39 Å². The van der Waals surface area contributed by atoms with Gasteiger partial charge < -0.3 is 10.1 Å². The highest BCUT2D eigenvalue weighted by Crippen LogP contribution is 2.23. The molecule has 0 saturated heterocycles. The smallest absolute Gasteiger partial charge is 0.262 e. The van der Waals surface area contributed by atoms with Crippen LogP contribution < -0.4 is 10.1 Å². The molecule has 0 heterocycles. The Morgan fingerprint density at radius 3 is 2.31 bits per heavy atom. The highest BCUT2D eigenvalue weighted by Gasteiger charge is 2.04. The summed E-state index contributed by atoms with van der Waals surface area (Å²) in [5.74, 6) is 0.717. The maximum atomic E-state index is 12.8. The molecule has 132 valence electrons. The summed E-state index contributed by atoms with van der Waals surface area (Å²) < 4.78 is 18.1. The van der Waals surface area contributed by atoms with Crippen molar-refractivity contribution in [3.8, 4) is 5.75 Å². The second-order valence-electron chi connectivity index (χ2n) is 5.59. The number of ether oxygens (including phenoxy) is 1. The van der Waals surface area contributed by atoms with Crippen LogP contribution in [0, 0.1) is 5.82 Å². The number of amides is 1. The van der Waals surface area contributed by atoms with Crippen molar-refractivity contribution in [1.82, 2.24) is 0 Å².